The molecule has 5 heteroatoms. The first-order chi connectivity index (χ1) is 10.1. The van der Waals surface area contributed by atoms with E-state index in [1.54, 1.807) is 20.4 Å². The summed E-state index contributed by atoms with van der Waals surface area (Å²) in [4.78, 5) is 0. The largest absolute Gasteiger partial charge is 0.493 e. The SMILES string of the molecule is CCCn1ncc(OC)c1C(N)C1(OC)CCC(C)CC1. The highest BCUT2D eigenvalue weighted by Gasteiger charge is 2.43. The Balaban J connectivity index is 2.32. The van der Waals surface area contributed by atoms with Gasteiger partial charge >= 0.3 is 0 Å². The highest BCUT2D eigenvalue weighted by atomic mass is 16.5. The van der Waals surface area contributed by atoms with Crippen molar-refractivity contribution in [1.29, 1.82) is 0 Å². The van der Waals surface area contributed by atoms with Crippen molar-refractivity contribution in [2.75, 3.05) is 14.2 Å². The third-order valence-corrected chi connectivity index (χ3v) is 4.89. The molecule has 1 aliphatic carbocycles. The molecule has 0 aliphatic heterocycles. The minimum Gasteiger partial charge on any atom is -0.493 e. The Kier molecular flexibility index (Phi) is 5.27. The second kappa shape index (κ2) is 6.79. The van der Waals surface area contributed by atoms with Gasteiger partial charge in [-0.1, -0.05) is 13.8 Å². The molecule has 1 heterocycles. The fraction of sp³-hybridized carbons (Fsp3) is 0.812. The average molecular weight is 295 g/mol. The number of rotatable bonds is 6. The number of aryl methyl sites for hydroxylation is 1. The summed E-state index contributed by atoms with van der Waals surface area (Å²) in [6.07, 6.45) is 7.08. The number of methoxy groups -OCH3 is 2. The Labute approximate surface area is 127 Å². The first-order valence-electron chi connectivity index (χ1n) is 7.98. The molecule has 2 N–H and O–H groups in total. The van der Waals surface area contributed by atoms with Gasteiger partial charge in [0, 0.05) is 13.7 Å². The van der Waals surface area contributed by atoms with Gasteiger partial charge in [-0.25, -0.2) is 0 Å². The van der Waals surface area contributed by atoms with Gasteiger partial charge in [-0.3, -0.25) is 4.68 Å². The lowest BCUT2D eigenvalue weighted by atomic mass is 9.74. The Morgan fingerprint density at radius 2 is 2.10 bits per heavy atom. The van der Waals surface area contributed by atoms with Crippen LogP contribution in [0.15, 0.2) is 6.20 Å². The molecule has 0 bridgehead atoms. The highest BCUT2D eigenvalue weighted by molar-refractivity contribution is 5.30. The standard InChI is InChI=1S/C16H29N3O2/c1-5-10-19-14(13(20-3)11-18-19)15(17)16(21-4)8-6-12(2)7-9-16/h11-12,15H,5-10,17H2,1-4H3. The Hall–Kier alpha value is -1.07. The van der Waals surface area contributed by atoms with E-state index < -0.39 is 0 Å². The lowest BCUT2D eigenvalue weighted by Crippen LogP contribution is -2.46. The fourth-order valence-corrected chi connectivity index (χ4v) is 3.38. The van der Waals surface area contributed by atoms with Crippen LogP contribution in [0.25, 0.3) is 0 Å². The van der Waals surface area contributed by atoms with Crippen molar-refractivity contribution >= 4 is 0 Å². The van der Waals surface area contributed by atoms with Crippen molar-refractivity contribution in [3.63, 3.8) is 0 Å². The summed E-state index contributed by atoms with van der Waals surface area (Å²) >= 11 is 0. The zero-order valence-electron chi connectivity index (χ0n) is 13.8. The number of aromatic nitrogens is 2. The van der Waals surface area contributed by atoms with Gasteiger partial charge in [0.1, 0.15) is 0 Å². The second-order valence-corrected chi connectivity index (χ2v) is 6.25. The second-order valence-electron chi connectivity index (χ2n) is 6.25. The molecular formula is C16H29N3O2. The summed E-state index contributed by atoms with van der Waals surface area (Å²) in [5, 5.41) is 4.43. The average Bonchev–Trinajstić information content (AvgIpc) is 2.91. The van der Waals surface area contributed by atoms with Gasteiger partial charge in [0.2, 0.25) is 0 Å². The van der Waals surface area contributed by atoms with E-state index in [2.05, 4.69) is 18.9 Å². The van der Waals surface area contributed by atoms with Crippen LogP contribution >= 0.6 is 0 Å². The Morgan fingerprint density at radius 3 is 2.62 bits per heavy atom. The molecule has 1 fully saturated rings. The van der Waals surface area contributed by atoms with E-state index in [0.717, 1.165) is 56.0 Å². The van der Waals surface area contributed by atoms with Crippen molar-refractivity contribution in [3.05, 3.63) is 11.9 Å². The van der Waals surface area contributed by atoms with E-state index in [4.69, 9.17) is 15.2 Å². The lowest BCUT2D eigenvalue weighted by Gasteiger charge is -2.42. The van der Waals surface area contributed by atoms with E-state index in [-0.39, 0.29) is 11.6 Å². The van der Waals surface area contributed by atoms with Gasteiger partial charge in [0.15, 0.2) is 5.75 Å². The van der Waals surface area contributed by atoms with E-state index in [1.807, 2.05) is 4.68 Å². The molecule has 21 heavy (non-hydrogen) atoms. The van der Waals surface area contributed by atoms with Crippen LogP contribution in [0.2, 0.25) is 0 Å². The van der Waals surface area contributed by atoms with Gasteiger partial charge in [-0.2, -0.15) is 5.10 Å². The zero-order chi connectivity index (χ0) is 15.5. The number of ether oxygens (including phenoxy) is 2. The van der Waals surface area contributed by atoms with Gasteiger partial charge in [0.05, 0.1) is 30.6 Å². The first kappa shape index (κ1) is 16.3. The number of nitrogens with two attached hydrogens (primary N) is 1. The van der Waals surface area contributed by atoms with Crippen LogP contribution in [0.5, 0.6) is 5.75 Å². The first-order valence-corrected chi connectivity index (χ1v) is 7.98. The summed E-state index contributed by atoms with van der Waals surface area (Å²) in [5.74, 6) is 1.52. The third-order valence-electron chi connectivity index (χ3n) is 4.89. The van der Waals surface area contributed by atoms with Crippen molar-refractivity contribution < 1.29 is 9.47 Å². The summed E-state index contributed by atoms with van der Waals surface area (Å²) < 4.78 is 13.4. The highest BCUT2D eigenvalue weighted by Crippen LogP contribution is 2.43. The summed E-state index contributed by atoms with van der Waals surface area (Å²) in [6.45, 7) is 5.29. The van der Waals surface area contributed by atoms with Crippen LogP contribution in [0.3, 0.4) is 0 Å². The lowest BCUT2D eigenvalue weighted by molar-refractivity contribution is -0.0692. The van der Waals surface area contributed by atoms with Crippen LogP contribution in [-0.2, 0) is 11.3 Å². The molecule has 5 nitrogen and oxygen atoms in total. The zero-order valence-corrected chi connectivity index (χ0v) is 13.8. The minimum absolute atomic E-state index is 0.209. The molecule has 0 radical (unpaired) electrons. The van der Waals surface area contributed by atoms with Crippen LogP contribution < -0.4 is 10.5 Å². The van der Waals surface area contributed by atoms with Crippen molar-refractivity contribution in [1.82, 2.24) is 9.78 Å². The predicted molar refractivity (Wildman–Crippen MR) is 83.4 cm³/mol. The summed E-state index contributed by atoms with van der Waals surface area (Å²) in [5.41, 5.74) is 7.31. The van der Waals surface area contributed by atoms with Gasteiger partial charge in [0.25, 0.3) is 0 Å². The molecule has 1 saturated carbocycles. The maximum absolute atomic E-state index is 6.65. The van der Waals surface area contributed by atoms with Crippen LogP contribution in [0, 0.1) is 5.92 Å². The van der Waals surface area contributed by atoms with Crippen molar-refractivity contribution in [3.8, 4) is 5.75 Å². The van der Waals surface area contributed by atoms with Crippen molar-refractivity contribution in [2.45, 2.75) is 64.1 Å². The van der Waals surface area contributed by atoms with E-state index in [9.17, 15) is 0 Å². The summed E-state index contributed by atoms with van der Waals surface area (Å²) in [7, 11) is 3.45. The van der Waals surface area contributed by atoms with E-state index >= 15 is 0 Å². The molecule has 0 amide bonds. The van der Waals surface area contributed by atoms with Gasteiger partial charge in [-0.05, 0) is 38.0 Å². The molecule has 1 atom stereocenters. The topological polar surface area (TPSA) is 62.3 Å². The van der Waals surface area contributed by atoms with Gasteiger partial charge < -0.3 is 15.2 Å². The number of hydrogen-bond donors (Lipinski definition) is 1. The molecule has 1 aromatic heterocycles. The minimum atomic E-state index is -0.300. The number of hydrogen-bond acceptors (Lipinski definition) is 4. The maximum Gasteiger partial charge on any atom is 0.161 e. The fourth-order valence-electron chi connectivity index (χ4n) is 3.38. The Morgan fingerprint density at radius 1 is 1.43 bits per heavy atom. The summed E-state index contributed by atoms with van der Waals surface area (Å²) in [6, 6.07) is -0.209. The Bertz CT molecular complexity index is 450. The third kappa shape index (κ3) is 3.09. The molecule has 0 saturated heterocycles. The molecule has 1 unspecified atom stereocenters. The van der Waals surface area contributed by atoms with Crippen LogP contribution in [-0.4, -0.2) is 29.6 Å². The monoisotopic (exact) mass is 295 g/mol. The predicted octanol–water partition coefficient (Wildman–Crippen LogP) is 2.90. The molecular weight excluding hydrogens is 266 g/mol. The normalized spacial score (nSPS) is 27.6. The van der Waals surface area contributed by atoms with Crippen molar-refractivity contribution in [2.24, 2.45) is 11.7 Å². The molecule has 0 aromatic carbocycles. The van der Waals surface area contributed by atoms with Gasteiger partial charge in [-0.15, -0.1) is 0 Å². The van der Waals surface area contributed by atoms with E-state index in [1.165, 1.54) is 0 Å². The molecule has 2 rings (SSSR count). The molecule has 120 valence electrons. The smallest absolute Gasteiger partial charge is 0.161 e. The van der Waals surface area contributed by atoms with Crippen LogP contribution in [0.4, 0.5) is 0 Å². The molecule has 1 aromatic rings. The number of nitrogens with zero attached hydrogens (tertiary/aromatic N) is 2. The molecule has 0 spiro atoms. The van der Waals surface area contributed by atoms with E-state index in [0.29, 0.717) is 0 Å². The van der Waals surface area contributed by atoms with Crippen LogP contribution in [0.1, 0.15) is 57.7 Å². The quantitative estimate of drug-likeness (QED) is 0.876. The molecule has 1 aliphatic rings. The maximum atomic E-state index is 6.65.